The molecular weight excluding hydrogens is 1170 g/mol. The van der Waals surface area contributed by atoms with Crippen molar-refractivity contribution in [3.63, 3.8) is 0 Å². The lowest BCUT2D eigenvalue weighted by molar-refractivity contribution is -0.148. The van der Waals surface area contributed by atoms with Gasteiger partial charge in [-0.1, -0.05) is 97.4 Å². The fraction of sp³-hybridized carbons (Fsp3) is 0.587. The number of carbonyl (C=O) groups excluding carboxylic acids is 11. The minimum Gasteiger partial charge on any atom is -0.481 e. The third-order valence-electron chi connectivity index (χ3n) is 16.4. The second-order valence-electron chi connectivity index (χ2n) is 23.6. The first kappa shape index (κ1) is 74.2. The first-order chi connectivity index (χ1) is 42.4. The summed E-state index contributed by atoms with van der Waals surface area (Å²) in [6, 6.07) is 8.27. The first-order valence-electron chi connectivity index (χ1n) is 30.3. The van der Waals surface area contributed by atoms with E-state index in [-0.39, 0.29) is 49.4 Å². The van der Waals surface area contributed by atoms with Gasteiger partial charge in [0.2, 0.25) is 47.3 Å². The van der Waals surface area contributed by atoms with Crippen molar-refractivity contribution in [3.05, 3.63) is 77.9 Å². The average molecular weight is 1260 g/mol. The van der Waals surface area contributed by atoms with Crippen molar-refractivity contribution in [2.75, 3.05) is 53.3 Å². The summed E-state index contributed by atoms with van der Waals surface area (Å²) in [4.78, 5) is 162. The van der Waals surface area contributed by atoms with E-state index in [2.05, 4.69) is 31.9 Å². The van der Waals surface area contributed by atoms with Crippen molar-refractivity contribution in [1.29, 1.82) is 0 Å². The Hall–Kier alpha value is -8.30. The molecule has 11 amide bonds. The number of nitrogens with one attached hydrogen (secondary N) is 6. The fourth-order valence-corrected chi connectivity index (χ4v) is 11.0. The zero-order chi connectivity index (χ0) is 67.3. The van der Waals surface area contributed by atoms with Crippen LogP contribution < -0.4 is 31.9 Å². The molecule has 0 unspecified atom stereocenters. The summed E-state index contributed by atoms with van der Waals surface area (Å²) in [7, 11) is 5.99. The van der Waals surface area contributed by atoms with Gasteiger partial charge >= 0.3 is 12.1 Å². The number of rotatable bonds is 34. The molecular formula is C63H92N10O17. The summed E-state index contributed by atoms with van der Waals surface area (Å²) in [5.74, 6) is -9.31. The zero-order valence-electron chi connectivity index (χ0n) is 53.8. The van der Waals surface area contributed by atoms with Gasteiger partial charge in [-0.25, -0.2) is 4.79 Å². The average Bonchev–Trinajstić information content (AvgIpc) is 1.57. The Morgan fingerprint density at radius 2 is 1.36 bits per heavy atom. The lowest BCUT2D eigenvalue weighted by Crippen LogP contribution is -2.60. The number of methoxy groups -OCH3 is 2. The highest BCUT2D eigenvalue weighted by Crippen LogP contribution is 2.30. The summed E-state index contributed by atoms with van der Waals surface area (Å²) >= 11 is 0. The quantitative estimate of drug-likeness (QED) is 0.0466. The Labute approximate surface area is 526 Å². The summed E-state index contributed by atoms with van der Waals surface area (Å²) in [5, 5.41) is 35.7. The highest BCUT2D eigenvalue weighted by Gasteiger charge is 2.44. The molecule has 0 saturated carbocycles. The highest BCUT2D eigenvalue weighted by molar-refractivity contribution is 6.13. The molecule has 496 valence electrons. The number of anilines is 1. The lowest BCUT2D eigenvalue weighted by Gasteiger charge is -2.41. The van der Waals surface area contributed by atoms with Crippen molar-refractivity contribution in [3.8, 4) is 0 Å². The topological polar surface area (TPSA) is 358 Å². The molecule has 2 aromatic carbocycles. The number of nitrogens with zero attached hydrogens (tertiary/aromatic N) is 4. The molecule has 0 aromatic heterocycles. The van der Waals surface area contributed by atoms with Gasteiger partial charge in [-0.2, -0.15) is 0 Å². The molecule has 0 bridgehead atoms. The van der Waals surface area contributed by atoms with Gasteiger partial charge in [-0.3, -0.25) is 62.5 Å². The highest BCUT2D eigenvalue weighted by atomic mass is 16.6. The van der Waals surface area contributed by atoms with Crippen LogP contribution in [0.3, 0.4) is 0 Å². The normalized spacial score (nSPS) is 17.5. The molecule has 2 aliphatic heterocycles. The number of carboxylic acid groups (broad SMARTS) is 1. The van der Waals surface area contributed by atoms with Crippen LogP contribution >= 0.6 is 0 Å². The number of hydrogen-bond donors (Lipinski definition) is 8. The summed E-state index contributed by atoms with van der Waals surface area (Å²) in [6.07, 6.45) is -0.512. The number of amides is 11. The van der Waals surface area contributed by atoms with Crippen molar-refractivity contribution in [1.82, 2.24) is 46.2 Å². The fourth-order valence-electron chi connectivity index (χ4n) is 11.0. The monoisotopic (exact) mass is 1260 g/mol. The molecule has 1 fully saturated rings. The van der Waals surface area contributed by atoms with Gasteiger partial charge in [0.05, 0.1) is 61.7 Å². The lowest BCUT2D eigenvalue weighted by atomic mass is 9.89. The van der Waals surface area contributed by atoms with Gasteiger partial charge in [-0.05, 0) is 67.7 Å². The van der Waals surface area contributed by atoms with Crippen LogP contribution in [0, 0.1) is 23.7 Å². The van der Waals surface area contributed by atoms with Crippen molar-refractivity contribution >= 4 is 76.8 Å². The number of ether oxygens (including phenoxy) is 3. The Bertz CT molecular complexity index is 2850. The Morgan fingerprint density at radius 3 is 1.92 bits per heavy atom. The predicted molar refractivity (Wildman–Crippen MR) is 329 cm³/mol. The van der Waals surface area contributed by atoms with Crippen LogP contribution in [0.25, 0.3) is 0 Å². The maximum absolute atomic E-state index is 14.7. The van der Waals surface area contributed by atoms with E-state index in [9.17, 15) is 67.7 Å². The second kappa shape index (κ2) is 35.2. The number of hydrogen-bond acceptors (Lipinski definition) is 16. The van der Waals surface area contributed by atoms with E-state index in [1.165, 1.54) is 57.4 Å². The number of likely N-dealkylation sites (N-methyl/N-ethyl adjacent to an activating group) is 2. The molecule has 0 radical (unpaired) electrons. The van der Waals surface area contributed by atoms with E-state index < -0.39 is 151 Å². The molecule has 27 heteroatoms. The van der Waals surface area contributed by atoms with Crippen LogP contribution in [0.15, 0.2) is 66.7 Å². The second-order valence-corrected chi connectivity index (χ2v) is 23.6. The predicted octanol–water partition coefficient (Wildman–Crippen LogP) is 2.41. The van der Waals surface area contributed by atoms with E-state index >= 15 is 0 Å². The van der Waals surface area contributed by atoms with E-state index in [4.69, 9.17) is 14.2 Å². The minimum absolute atomic E-state index is 0.105. The van der Waals surface area contributed by atoms with Gasteiger partial charge < -0.3 is 66.1 Å². The number of benzene rings is 2. The van der Waals surface area contributed by atoms with E-state index in [1.54, 1.807) is 65.6 Å². The molecule has 0 aliphatic carbocycles. The van der Waals surface area contributed by atoms with E-state index in [0.717, 1.165) is 22.0 Å². The van der Waals surface area contributed by atoms with Gasteiger partial charge in [0.15, 0.2) is 0 Å². The number of carboxylic acids is 1. The molecule has 8 N–H and O–H groups in total. The number of likely N-dealkylation sites (tertiary alicyclic amines) is 1. The van der Waals surface area contributed by atoms with Gasteiger partial charge in [0.25, 0.3) is 11.8 Å². The molecule has 90 heavy (non-hydrogen) atoms. The van der Waals surface area contributed by atoms with E-state index in [1.807, 2.05) is 32.0 Å². The van der Waals surface area contributed by atoms with Gasteiger partial charge in [0.1, 0.15) is 30.8 Å². The van der Waals surface area contributed by atoms with Crippen LogP contribution in [0.2, 0.25) is 0 Å². The first-order valence-corrected chi connectivity index (χ1v) is 30.3. The van der Waals surface area contributed by atoms with Gasteiger partial charge in [0, 0.05) is 65.7 Å². The third-order valence-corrected chi connectivity index (χ3v) is 16.4. The minimum atomic E-state index is -1.60. The molecule has 0 spiro atoms. The van der Waals surface area contributed by atoms with Crippen molar-refractivity contribution in [2.45, 2.75) is 168 Å². The zero-order valence-corrected chi connectivity index (χ0v) is 53.8. The number of carbonyl (C=O) groups is 12. The third kappa shape index (κ3) is 20.9. The molecule has 1 saturated heterocycles. The van der Waals surface area contributed by atoms with Crippen LogP contribution in [-0.2, 0) is 73.6 Å². The van der Waals surface area contributed by atoms with Crippen LogP contribution in [0.5, 0.6) is 0 Å². The standard InChI is InChI=1S/C63H92N10O17/c1-14-37(6)55(46(88-12)32-51(78)72-29-18-21-45(72)57(89-13)38(7)58(82)66-39(8)56(81)42-19-16-15-17-20-42)70(10)62(86)53(35(2)3)69-61(85)54(36(4)5)71(11)63(87)90-34-41-22-24-43(25-23-41)67-60(84)44(31-52(79)80)68-48(75)33-64-59(83)40(9)65-47(74)28-30-73-49(76)26-27-50(73)77/h15-17,19-20,22-27,35-40,44-46,53-57,81H,14,18,21,28-34H2,1-13H3,(H,64,83)(H,65,74)(H,66,82)(H,67,84)(H,68,75)(H,69,85)(H,79,80)/t37-,38+,39+,40+,44-,45-,46+,53-,54-,55-,56+,57+/m0/s1. The van der Waals surface area contributed by atoms with Crippen molar-refractivity contribution < 1.29 is 82.0 Å². The SMILES string of the molecule is CC[C@H](C)[C@@H]([C@@H](CC(=O)N1CCC[C@H]1[C@H](OC)[C@@H](C)C(=O)N[C@H](C)[C@@H](O)c1ccccc1)OC)N(C)C(=O)[C@@H](NC(=O)[C@H](C(C)C)N(C)C(=O)OCc1ccc(NC(=O)[C@H](CC(=O)O)NC(=O)CNC(=O)[C@@H](C)NC(=O)CCN2C(=O)C=CC2=O)cc1)C(C)C. The molecule has 2 aliphatic rings. The number of imide groups is 1. The van der Waals surface area contributed by atoms with E-state index in [0.29, 0.717) is 36.9 Å². The molecule has 12 atom stereocenters. The molecule has 4 rings (SSSR count). The summed E-state index contributed by atoms with van der Waals surface area (Å²) < 4.78 is 17.6. The Morgan fingerprint density at radius 1 is 0.722 bits per heavy atom. The summed E-state index contributed by atoms with van der Waals surface area (Å²) in [6.45, 7) is 14.9. The molecule has 2 aromatic rings. The largest absolute Gasteiger partial charge is 0.481 e. The maximum atomic E-state index is 14.7. The smallest absolute Gasteiger partial charge is 0.410 e. The number of aliphatic hydroxyl groups excluding tert-OH is 1. The number of aliphatic hydroxyl groups is 1. The molecule has 2 heterocycles. The van der Waals surface area contributed by atoms with Crippen LogP contribution in [-0.4, -0.2) is 203 Å². The van der Waals surface area contributed by atoms with Crippen LogP contribution in [0.1, 0.15) is 118 Å². The number of aliphatic carboxylic acids is 1. The van der Waals surface area contributed by atoms with Crippen LogP contribution in [0.4, 0.5) is 10.5 Å². The molecule has 27 nitrogen and oxygen atoms in total. The Kier molecular flexibility index (Phi) is 29.0. The van der Waals surface area contributed by atoms with Crippen molar-refractivity contribution in [2.24, 2.45) is 23.7 Å². The van der Waals surface area contributed by atoms with Gasteiger partial charge in [-0.15, -0.1) is 0 Å². The Balaban J connectivity index is 1.34. The summed E-state index contributed by atoms with van der Waals surface area (Å²) in [5.41, 5.74) is 1.29. The maximum Gasteiger partial charge on any atom is 0.410 e.